The predicted octanol–water partition coefficient (Wildman–Crippen LogP) is 4.66. The highest BCUT2D eigenvalue weighted by Gasteiger charge is 2.24. The molecule has 3 N–H and O–H groups in total. The second-order valence-electron chi connectivity index (χ2n) is 6.91. The largest absolute Gasteiger partial charge is 0.505 e. The van der Waals surface area contributed by atoms with E-state index in [1.807, 2.05) is 80.6 Å². The van der Waals surface area contributed by atoms with E-state index >= 15 is 0 Å². The first kappa shape index (κ1) is 18.7. The lowest BCUT2D eigenvalue weighted by Gasteiger charge is -2.18. The van der Waals surface area contributed by atoms with Crippen molar-refractivity contribution in [1.82, 2.24) is 4.98 Å². The molecule has 0 aliphatic heterocycles. The molecule has 0 spiro atoms. The second kappa shape index (κ2) is 8.19. The van der Waals surface area contributed by atoms with Crippen LogP contribution in [0.25, 0.3) is 10.9 Å². The van der Waals surface area contributed by atoms with Crippen LogP contribution in [0.15, 0.2) is 72.9 Å². The highest BCUT2D eigenvalue weighted by molar-refractivity contribution is 5.85. The molecule has 0 fully saturated rings. The van der Waals surface area contributed by atoms with Gasteiger partial charge in [-0.15, -0.1) is 0 Å². The minimum Gasteiger partial charge on any atom is -0.505 e. The molecule has 2 aromatic carbocycles. The third-order valence-electron chi connectivity index (χ3n) is 4.86. The number of phenols is 1. The summed E-state index contributed by atoms with van der Waals surface area (Å²) in [5, 5.41) is 15.4. The fraction of sp³-hybridized carbons (Fsp3) is 0.167. The van der Waals surface area contributed by atoms with Crippen LogP contribution in [0, 0.1) is 6.92 Å². The van der Waals surface area contributed by atoms with E-state index in [1.54, 1.807) is 6.20 Å². The molecule has 0 radical (unpaired) electrons. The zero-order valence-electron chi connectivity index (χ0n) is 16.5. The van der Waals surface area contributed by atoms with Crippen molar-refractivity contribution in [3.05, 3.63) is 89.7 Å². The standard InChI is InChI=1S/C24H23N3O2/c1-3-29-19-12-9-18(10-13-19)22(27-21-8-4-6-16(2)26-21)20-14-11-17-7-5-15-25-23(17)24(20)28/h4-15,22,28H,3H2,1-2H3,(H,26,27)/p+1/t22-/m1/s1. The number of aryl methyl sites for hydroxylation is 1. The molecule has 4 rings (SSSR count). The van der Waals surface area contributed by atoms with Gasteiger partial charge in [0.25, 0.3) is 5.82 Å². The number of nitrogens with one attached hydrogen (secondary N) is 2. The van der Waals surface area contributed by atoms with E-state index in [9.17, 15) is 5.11 Å². The van der Waals surface area contributed by atoms with Crippen LogP contribution < -0.4 is 15.0 Å². The molecule has 0 saturated carbocycles. The Labute approximate surface area is 170 Å². The number of aromatic nitrogens is 2. The van der Waals surface area contributed by atoms with Crippen molar-refractivity contribution in [2.24, 2.45) is 0 Å². The number of anilines is 1. The fourth-order valence-corrected chi connectivity index (χ4v) is 3.47. The van der Waals surface area contributed by atoms with Crippen LogP contribution >= 0.6 is 0 Å². The van der Waals surface area contributed by atoms with Crippen LogP contribution in [0.2, 0.25) is 0 Å². The Bertz CT molecular complexity index is 1130. The first-order valence-corrected chi connectivity index (χ1v) is 9.70. The molecule has 5 heteroatoms. The van der Waals surface area contributed by atoms with Crippen molar-refractivity contribution in [2.45, 2.75) is 19.9 Å². The third-order valence-corrected chi connectivity index (χ3v) is 4.86. The Morgan fingerprint density at radius 1 is 1.03 bits per heavy atom. The van der Waals surface area contributed by atoms with E-state index in [0.29, 0.717) is 12.1 Å². The summed E-state index contributed by atoms with van der Waals surface area (Å²) in [6.45, 7) is 4.59. The number of nitrogens with zero attached hydrogens (tertiary/aromatic N) is 1. The number of benzene rings is 2. The van der Waals surface area contributed by atoms with Gasteiger partial charge >= 0.3 is 0 Å². The van der Waals surface area contributed by atoms with Gasteiger partial charge in [0.2, 0.25) is 0 Å². The van der Waals surface area contributed by atoms with Crippen molar-refractivity contribution in [1.29, 1.82) is 0 Å². The maximum absolute atomic E-state index is 11.0. The average molecular weight is 386 g/mol. The molecule has 1 atom stereocenters. The van der Waals surface area contributed by atoms with Gasteiger partial charge in [-0.1, -0.05) is 30.3 Å². The summed E-state index contributed by atoms with van der Waals surface area (Å²) < 4.78 is 5.58. The van der Waals surface area contributed by atoms with Gasteiger partial charge in [0, 0.05) is 28.8 Å². The number of pyridine rings is 2. The molecular formula is C24H24N3O2+. The summed E-state index contributed by atoms with van der Waals surface area (Å²) >= 11 is 0. The lowest BCUT2D eigenvalue weighted by atomic mass is 9.96. The first-order valence-electron chi connectivity index (χ1n) is 9.70. The van der Waals surface area contributed by atoms with Crippen LogP contribution in [0.4, 0.5) is 5.82 Å². The average Bonchev–Trinajstić information content (AvgIpc) is 2.74. The molecule has 4 aromatic rings. The summed E-state index contributed by atoms with van der Waals surface area (Å²) in [6.07, 6.45) is 1.69. The number of rotatable bonds is 6. The molecule has 0 unspecified atom stereocenters. The topological polar surface area (TPSA) is 68.5 Å². The number of aromatic hydroxyl groups is 1. The van der Waals surface area contributed by atoms with Crippen molar-refractivity contribution in [3.63, 3.8) is 0 Å². The Balaban J connectivity index is 1.80. The number of phenolic OH excluding ortho intramolecular Hbond substituents is 1. The summed E-state index contributed by atoms with van der Waals surface area (Å²) in [5.41, 5.74) is 3.41. The Morgan fingerprint density at radius 2 is 1.86 bits per heavy atom. The summed E-state index contributed by atoms with van der Waals surface area (Å²) in [7, 11) is 0. The van der Waals surface area contributed by atoms with Gasteiger partial charge < -0.3 is 9.84 Å². The SMILES string of the molecule is CCOc1ccc([C@@H](Nc2cccc(C)[nH+]2)c2ccc3cccnc3c2O)cc1. The van der Waals surface area contributed by atoms with Crippen molar-refractivity contribution in [3.8, 4) is 11.5 Å². The number of ether oxygens (including phenoxy) is 1. The van der Waals surface area contributed by atoms with E-state index in [4.69, 9.17) is 4.74 Å². The Hall–Kier alpha value is -3.60. The minimum absolute atomic E-state index is 0.183. The quantitative estimate of drug-likeness (QED) is 0.506. The van der Waals surface area contributed by atoms with Crippen LogP contribution in [-0.4, -0.2) is 16.7 Å². The normalized spacial score (nSPS) is 11.9. The maximum atomic E-state index is 11.0. The molecule has 0 bridgehead atoms. The fourth-order valence-electron chi connectivity index (χ4n) is 3.47. The molecule has 0 amide bonds. The summed E-state index contributed by atoms with van der Waals surface area (Å²) in [4.78, 5) is 7.70. The van der Waals surface area contributed by atoms with Gasteiger partial charge in [-0.2, -0.15) is 0 Å². The van der Waals surface area contributed by atoms with Crippen LogP contribution in [0.5, 0.6) is 11.5 Å². The third kappa shape index (κ3) is 3.99. The van der Waals surface area contributed by atoms with Crippen molar-refractivity contribution < 1.29 is 14.8 Å². The molecule has 0 aliphatic rings. The number of hydrogen-bond donors (Lipinski definition) is 2. The highest BCUT2D eigenvalue weighted by Crippen LogP contribution is 2.36. The maximum Gasteiger partial charge on any atom is 0.273 e. The Morgan fingerprint density at radius 3 is 2.62 bits per heavy atom. The van der Waals surface area contributed by atoms with E-state index in [0.717, 1.165) is 33.8 Å². The molecule has 2 heterocycles. The number of aromatic amines is 1. The number of H-pyrrole nitrogens is 1. The molecule has 5 nitrogen and oxygen atoms in total. The van der Waals surface area contributed by atoms with Crippen LogP contribution in [0.3, 0.4) is 0 Å². The zero-order valence-corrected chi connectivity index (χ0v) is 16.5. The van der Waals surface area contributed by atoms with E-state index in [2.05, 4.69) is 15.3 Å². The van der Waals surface area contributed by atoms with Gasteiger partial charge in [0.15, 0.2) is 0 Å². The smallest absolute Gasteiger partial charge is 0.273 e. The van der Waals surface area contributed by atoms with Gasteiger partial charge in [0.1, 0.15) is 23.1 Å². The summed E-state index contributed by atoms with van der Waals surface area (Å²) in [5.74, 6) is 1.87. The Kier molecular flexibility index (Phi) is 5.29. The lowest BCUT2D eigenvalue weighted by Crippen LogP contribution is -2.20. The van der Waals surface area contributed by atoms with E-state index in [-0.39, 0.29) is 11.8 Å². The first-order chi connectivity index (χ1) is 14.2. The lowest BCUT2D eigenvalue weighted by molar-refractivity contribution is -0.371. The van der Waals surface area contributed by atoms with Gasteiger partial charge in [-0.3, -0.25) is 10.3 Å². The number of fused-ring (bicyclic) bond motifs is 1. The van der Waals surface area contributed by atoms with Gasteiger partial charge in [0.05, 0.1) is 12.3 Å². The molecule has 29 heavy (non-hydrogen) atoms. The van der Waals surface area contributed by atoms with Gasteiger partial charge in [-0.25, -0.2) is 4.98 Å². The highest BCUT2D eigenvalue weighted by atomic mass is 16.5. The van der Waals surface area contributed by atoms with Gasteiger partial charge in [-0.05, 0) is 44.2 Å². The zero-order chi connectivity index (χ0) is 20.2. The van der Waals surface area contributed by atoms with E-state index in [1.165, 1.54) is 0 Å². The van der Waals surface area contributed by atoms with Crippen molar-refractivity contribution in [2.75, 3.05) is 11.9 Å². The van der Waals surface area contributed by atoms with Crippen LogP contribution in [-0.2, 0) is 0 Å². The predicted molar refractivity (Wildman–Crippen MR) is 114 cm³/mol. The minimum atomic E-state index is -0.268. The molecule has 0 aliphatic carbocycles. The number of hydrogen-bond acceptors (Lipinski definition) is 4. The van der Waals surface area contributed by atoms with E-state index < -0.39 is 0 Å². The molecule has 146 valence electrons. The second-order valence-corrected chi connectivity index (χ2v) is 6.91. The van der Waals surface area contributed by atoms with Crippen LogP contribution in [0.1, 0.15) is 29.8 Å². The summed E-state index contributed by atoms with van der Waals surface area (Å²) in [6, 6.07) is 21.4. The monoisotopic (exact) mass is 386 g/mol. The van der Waals surface area contributed by atoms with Crippen molar-refractivity contribution >= 4 is 16.7 Å². The molecular weight excluding hydrogens is 362 g/mol. The molecule has 2 aromatic heterocycles. The molecule has 0 saturated heterocycles.